The smallest absolute Gasteiger partial charge is 0.161 e. The minimum absolute atomic E-state index is 0.317. The Labute approximate surface area is 191 Å². The maximum atomic E-state index is 6.11. The zero-order valence-corrected chi connectivity index (χ0v) is 21.0. The zero-order valence-electron chi connectivity index (χ0n) is 17.9. The first-order valence-electron chi connectivity index (χ1n) is 9.77. The summed E-state index contributed by atoms with van der Waals surface area (Å²) in [7, 11) is 5.46. The molecule has 6 heteroatoms. The van der Waals surface area contributed by atoms with Crippen molar-refractivity contribution in [3.63, 3.8) is 0 Å². The van der Waals surface area contributed by atoms with E-state index in [2.05, 4.69) is 63.7 Å². The molecule has 0 aromatic heterocycles. The van der Waals surface area contributed by atoms with Gasteiger partial charge in [0.1, 0.15) is 0 Å². The molecule has 0 saturated carbocycles. The van der Waals surface area contributed by atoms with Gasteiger partial charge in [-0.05, 0) is 48.7 Å². The Morgan fingerprint density at radius 2 is 1.59 bits per heavy atom. The number of ether oxygens (including phenoxy) is 3. The van der Waals surface area contributed by atoms with E-state index in [1.807, 2.05) is 30.3 Å². The van der Waals surface area contributed by atoms with E-state index >= 15 is 0 Å². The number of likely N-dealkylation sites (N-methyl/N-ethyl adjacent to an activating group) is 1. The van der Waals surface area contributed by atoms with Crippen LogP contribution in [0.1, 0.15) is 31.4 Å². The number of rotatable bonds is 11. The molecule has 0 radical (unpaired) electrons. The second kappa shape index (κ2) is 11.9. The molecule has 0 amide bonds. The average molecular weight is 529 g/mol. The largest absolute Gasteiger partial charge is 0.493 e. The van der Waals surface area contributed by atoms with Crippen molar-refractivity contribution in [3.8, 4) is 11.5 Å². The summed E-state index contributed by atoms with van der Waals surface area (Å²) in [6.07, 6.45) is 1.07. The van der Waals surface area contributed by atoms with Gasteiger partial charge in [0.25, 0.3) is 0 Å². The van der Waals surface area contributed by atoms with Crippen molar-refractivity contribution in [2.75, 3.05) is 27.9 Å². The van der Waals surface area contributed by atoms with Crippen LogP contribution >= 0.6 is 31.9 Å². The monoisotopic (exact) mass is 527 g/mol. The molecule has 0 N–H and O–H groups in total. The van der Waals surface area contributed by atoms with Gasteiger partial charge in [0.15, 0.2) is 11.5 Å². The van der Waals surface area contributed by atoms with E-state index in [0.717, 1.165) is 39.0 Å². The summed E-state index contributed by atoms with van der Waals surface area (Å²) < 4.78 is 19.1. The highest BCUT2D eigenvalue weighted by Crippen LogP contribution is 2.34. The van der Waals surface area contributed by atoms with Crippen LogP contribution in [0.3, 0.4) is 0 Å². The molecule has 1 unspecified atom stereocenters. The predicted octanol–water partition coefficient (Wildman–Crippen LogP) is 6.29. The van der Waals surface area contributed by atoms with Gasteiger partial charge in [-0.1, -0.05) is 63.9 Å². The molecule has 0 spiro atoms. The lowest BCUT2D eigenvalue weighted by Crippen LogP contribution is -2.36. The molecule has 2 aromatic rings. The summed E-state index contributed by atoms with van der Waals surface area (Å²) in [5.41, 5.74) is 2.32. The standard InChI is InChI=1S/C23H31Br2NO3/c1-16(2)10-19(15-29-14-17-8-6-7-9-20(17)24)26(3)13-18-11-22(27-4)23(28-5)12-21(18)25/h6-9,11-12,16,19H,10,13-15H2,1-5H3. The molecule has 0 heterocycles. The highest BCUT2D eigenvalue weighted by Gasteiger charge is 2.19. The number of hydrogen-bond donors (Lipinski definition) is 0. The number of benzene rings is 2. The second-order valence-corrected chi connectivity index (χ2v) is 9.31. The van der Waals surface area contributed by atoms with Crippen molar-refractivity contribution in [2.45, 2.75) is 39.5 Å². The minimum atomic E-state index is 0.317. The second-order valence-electron chi connectivity index (χ2n) is 7.60. The Morgan fingerprint density at radius 1 is 0.931 bits per heavy atom. The number of hydrogen-bond acceptors (Lipinski definition) is 4. The molecule has 29 heavy (non-hydrogen) atoms. The Morgan fingerprint density at radius 3 is 2.21 bits per heavy atom. The Kier molecular flexibility index (Phi) is 9.96. The molecule has 0 aliphatic heterocycles. The number of halogens is 2. The Bertz CT molecular complexity index is 783. The maximum Gasteiger partial charge on any atom is 0.161 e. The normalized spacial score (nSPS) is 12.4. The first-order chi connectivity index (χ1) is 13.8. The summed E-state index contributed by atoms with van der Waals surface area (Å²) >= 11 is 7.26. The van der Waals surface area contributed by atoms with Crippen LogP contribution in [0.2, 0.25) is 0 Å². The highest BCUT2D eigenvalue weighted by molar-refractivity contribution is 9.10. The molecule has 0 bridgehead atoms. The minimum Gasteiger partial charge on any atom is -0.493 e. The Balaban J connectivity index is 2.06. The van der Waals surface area contributed by atoms with Crippen molar-refractivity contribution in [1.29, 1.82) is 0 Å². The van der Waals surface area contributed by atoms with Gasteiger partial charge < -0.3 is 14.2 Å². The third-order valence-corrected chi connectivity index (χ3v) is 6.38. The summed E-state index contributed by atoms with van der Waals surface area (Å²) in [6.45, 7) is 6.57. The Hall–Kier alpha value is -1.08. The first kappa shape index (κ1) is 24.2. The van der Waals surface area contributed by atoms with Crippen LogP contribution in [-0.4, -0.2) is 38.8 Å². The molecule has 2 aromatic carbocycles. The van der Waals surface area contributed by atoms with E-state index in [-0.39, 0.29) is 0 Å². The van der Waals surface area contributed by atoms with Gasteiger partial charge in [-0.25, -0.2) is 0 Å². The summed E-state index contributed by atoms with van der Waals surface area (Å²) in [4.78, 5) is 2.35. The van der Waals surface area contributed by atoms with E-state index in [4.69, 9.17) is 14.2 Å². The summed E-state index contributed by atoms with van der Waals surface area (Å²) in [6, 6.07) is 12.5. The summed E-state index contributed by atoms with van der Waals surface area (Å²) in [5.74, 6) is 2.05. The van der Waals surface area contributed by atoms with E-state index in [1.165, 1.54) is 5.56 Å². The first-order valence-corrected chi connectivity index (χ1v) is 11.4. The van der Waals surface area contributed by atoms with Crippen LogP contribution in [-0.2, 0) is 17.9 Å². The quantitative estimate of drug-likeness (QED) is 0.343. The van der Waals surface area contributed by atoms with Crippen molar-refractivity contribution in [2.24, 2.45) is 5.92 Å². The fraction of sp³-hybridized carbons (Fsp3) is 0.478. The topological polar surface area (TPSA) is 30.9 Å². The zero-order chi connectivity index (χ0) is 21.4. The van der Waals surface area contributed by atoms with Crippen molar-refractivity contribution < 1.29 is 14.2 Å². The average Bonchev–Trinajstić information content (AvgIpc) is 2.69. The van der Waals surface area contributed by atoms with Crippen LogP contribution in [0.25, 0.3) is 0 Å². The van der Waals surface area contributed by atoms with Gasteiger partial charge >= 0.3 is 0 Å². The van der Waals surface area contributed by atoms with Crippen molar-refractivity contribution in [1.82, 2.24) is 4.90 Å². The molecule has 0 aliphatic rings. The summed E-state index contributed by atoms with van der Waals surface area (Å²) in [5, 5.41) is 0. The van der Waals surface area contributed by atoms with Gasteiger partial charge in [-0.15, -0.1) is 0 Å². The van der Waals surface area contributed by atoms with Crippen molar-refractivity contribution >= 4 is 31.9 Å². The van der Waals surface area contributed by atoms with Crippen molar-refractivity contribution in [3.05, 3.63) is 56.5 Å². The van der Waals surface area contributed by atoms with E-state index in [9.17, 15) is 0 Å². The van der Waals surface area contributed by atoms with E-state index in [1.54, 1.807) is 14.2 Å². The molecule has 1 atom stereocenters. The van der Waals surface area contributed by atoms with Crippen LogP contribution in [0, 0.1) is 5.92 Å². The molecule has 4 nitrogen and oxygen atoms in total. The lowest BCUT2D eigenvalue weighted by molar-refractivity contribution is 0.0486. The van der Waals surface area contributed by atoms with Gasteiger partial charge in [0.05, 0.1) is 27.4 Å². The third kappa shape index (κ3) is 7.28. The molecular weight excluding hydrogens is 498 g/mol. The third-order valence-electron chi connectivity index (χ3n) is 4.86. The van der Waals surface area contributed by atoms with Gasteiger partial charge in [-0.2, -0.15) is 0 Å². The molecular formula is C23H31Br2NO3. The van der Waals surface area contributed by atoms with E-state index in [0.29, 0.717) is 25.2 Å². The molecule has 0 aliphatic carbocycles. The van der Waals surface area contributed by atoms with Gasteiger partial charge in [0, 0.05) is 21.5 Å². The fourth-order valence-corrected chi connectivity index (χ4v) is 4.10. The SMILES string of the molecule is COc1cc(Br)c(CN(C)C(COCc2ccccc2Br)CC(C)C)cc1OC. The predicted molar refractivity (Wildman–Crippen MR) is 126 cm³/mol. The number of nitrogens with zero attached hydrogens (tertiary/aromatic N) is 1. The maximum absolute atomic E-state index is 6.11. The highest BCUT2D eigenvalue weighted by atomic mass is 79.9. The van der Waals surface area contributed by atoms with Crippen LogP contribution in [0.5, 0.6) is 11.5 Å². The van der Waals surface area contributed by atoms with E-state index < -0.39 is 0 Å². The van der Waals surface area contributed by atoms with Crippen LogP contribution in [0.15, 0.2) is 45.3 Å². The molecule has 2 rings (SSSR count). The van der Waals surface area contributed by atoms with Gasteiger partial charge in [0.2, 0.25) is 0 Å². The fourth-order valence-electron chi connectivity index (χ4n) is 3.25. The van der Waals surface area contributed by atoms with Crippen LogP contribution < -0.4 is 9.47 Å². The lowest BCUT2D eigenvalue weighted by atomic mass is 10.0. The molecule has 160 valence electrons. The lowest BCUT2D eigenvalue weighted by Gasteiger charge is -2.30. The molecule has 0 fully saturated rings. The van der Waals surface area contributed by atoms with Crippen LogP contribution in [0.4, 0.5) is 0 Å². The van der Waals surface area contributed by atoms with Gasteiger partial charge in [-0.3, -0.25) is 4.90 Å². The number of methoxy groups -OCH3 is 2. The molecule has 0 saturated heterocycles.